The summed E-state index contributed by atoms with van der Waals surface area (Å²) in [7, 11) is 0. The smallest absolute Gasteiger partial charge is 0.115 e. The summed E-state index contributed by atoms with van der Waals surface area (Å²) in [6.45, 7) is 2.11. The average Bonchev–Trinajstić information content (AvgIpc) is 3.02. The van der Waals surface area contributed by atoms with E-state index in [0.29, 0.717) is 5.75 Å². The van der Waals surface area contributed by atoms with Gasteiger partial charge in [0.05, 0.1) is 11.2 Å². The maximum Gasteiger partial charge on any atom is 0.115 e. The molecular formula is C22H20N2O. The van der Waals surface area contributed by atoms with Crippen LogP contribution in [0.1, 0.15) is 29.7 Å². The molecule has 0 aliphatic heterocycles. The highest BCUT2D eigenvalue weighted by molar-refractivity contribution is 6.08. The standard InChI is InChI=1S/C22H20N2O/c1-13-12-18-19(23-13)10-11-20-21(18)16-4-2-3-5-17(16)22(24-20)14-6-8-15(25)9-7-14/h6-12,23,25H,2-5H2,1H3. The number of H-pyrrole nitrogens is 1. The normalized spacial score (nSPS) is 14.1. The second kappa shape index (κ2) is 5.35. The number of hydrogen-bond donors (Lipinski definition) is 2. The summed E-state index contributed by atoms with van der Waals surface area (Å²) in [5.74, 6) is 0.294. The highest BCUT2D eigenvalue weighted by Gasteiger charge is 2.21. The lowest BCUT2D eigenvalue weighted by molar-refractivity contribution is 0.475. The first-order valence-electron chi connectivity index (χ1n) is 8.94. The van der Waals surface area contributed by atoms with Crippen molar-refractivity contribution in [1.29, 1.82) is 0 Å². The molecule has 2 heterocycles. The van der Waals surface area contributed by atoms with Gasteiger partial charge in [-0.2, -0.15) is 0 Å². The summed E-state index contributed by atoms with van der Waals surface area (Å²) in [4.78, 5) is 8.51. The van der Waals surface area contributed by atoms with Crippen LogP contribution in [0.2, 0.25) is 0 Å². The number of pyridine rings is 1. The van der Waals surface area contributed by atoms with Gasteiger partial charge in [0, 0.05) is 27.5 Å². The van der Waals surface area contributed by atoms with E-state index in [-0.39, 0.29) is 0 Å². The topological polar surface area (TPSA) is 48.9 Å². The maximum atomic E-state index is 9.61. The van der Waals surface area contributed by atoms with Gasteiger partial charge in [0.2, 0.25) is 0 Å². The van der Waals surface area contributed by atoms with E-state index in [2.05, 4.69) is 30.1 Å². The maximum absolute atomic E-state index is 9.61. The third-order valence-corrected chi connectivity index (χ3v) is 5.34. The van der Waals surface area contributed by atoms with E-state index < -0.39 is 0 Å². The summed E-state index contributed by atoms with van der Waals surface area (Å²) >= 11 is 0. The Bertz CT molecular complexity index is 1110. The molecule has 0 bridgehead atoms. The van der Waals surface area contributed by atoms with Gasteiger partial charge in [0.15, 0.2) is 0 Å². The molecule has 5 rings (SSSR count). The van der Waals surface area contributed by atoms with Crippen molar-refractivity contribution in [3.05, 3.63) is 59.3 Å². The van der Waals surface area contributed by atoms with Crippen LogP contribution in [-0.4, -0.2) is 15.1 Å². The molecule has 3 nitrogen and oxygen atoms in total. The fraction of sp³-hybridized carbons (Fsp3) is 0.227. The van der Waals surface area contributed by atoms with Crippen molar-refractivity contribution in [2.75, 3.05) is 0 Å². The van der Waals surface area contributed by atoms with E-state index in [4.69, 9.17) is 4.98 Å². The summed E-state index contributed by atoms with van der Waals surface area (Å²) in [5, 5.41) is 12.2. The van der Waals surface area contributed by atoms with E-state index in [9.17, 15) is 5.11 Å². The zero-order valence-electron chi connectivity index (χ0n) is 14.3. The fourth-order valence-electron chi connectivity index (χ4n) is 4.23. The predicted molar refractivity (Wildman–Crippen MR) is 102 cm³/mol. The minimum absolute atomic E-state index is 0.294. The molecule has 2 N–H and O–H groups in total. The van der Waals surface area contributed by atoms with Gasteiger partial charge in [0.1, 0.15) is 5.75 Å². The zero-order chi connectivity index (χ0) is 17.0. The molecule has 0 saturated carbocycles. The van der Waals surface area contributed by atoms with Gasteiger partial charge < -0.3 is 10.1 Å². The molecule has 25 heavy (non-hydrogen) atoms. The first-order valence-corrected chi connectivity index (χ1v) is 8.94. The molecule has 124 valence electrons. The van der Waals surface area contributed by atoms with Crippen molar-refractivity contribution in [3.63, 3.8) is 0 Å². The lowest BCUT2D eigenvalue weighted by Crippen LogP contribution is -2.07. The van der Waals surface area contributed by atoms with E-state index in [0.717, 1.165) is 29.6 Å². The van der Waals surface area contributed by atoms with Crippen LogP contribution in [-0.2, 0) is 12.8 Å². The summed E-state index contributed by atoms with van der Waals surface area (Å²) in [6.07, 6.45) is 4.64. The van der Waals surface area contributed by atoms with Crippen molar-refractivity contribution in [1.82, 2.24) is 9.97 Å². The largest absolute Gasteiger partial charge is 0.508 e. The van der Waals surface area contributed by atoms with Crippen molar-refractivity contribution >= 4 is 21.8 Å². The highest BCUT2D eigenvalue weighted by atomic mass is 16.3. The predicted octanol–water partition coefficient (Wildman–Crippen LogP) is 5.28. The number of benzene rings is 2. The lowest BCUT2D eigenvalue weighted by Gasteiger charge is -2.22. The van der Waals surface area contributed by atoms with Crippen molar-refractivity contribution in [2.45, 2.75) is 32.6 Å². The first kappa shape index (κ1) is 14.5. The number of aromatic nitrogens is 2. The lowest BCUT2D eigenvalue weighted by atomic mass is 9.85. The molecule has 2 aromatic carbocycles. The van der Waals surface area contributed by atoms with Crippen LogP contribution >= 0.6 is 0 Å². The molecule has 0 saturated heterocycles. The second-order valence-electron chi connectivity index (χ2n) is 7.04. The number of rotatable bonds is 1. The van der Waals surface area contributed by atoms with Crippen LogP contribution < -0.4 is 0 Å². The Balaban J connectivity index is 1.88. The first-order chi connectivity index (χ1) is 12.2. The SMILES string of the molecule is Cc1cc2c(ccc3nc(-c4ccc(O)cc4)c4c(c32)CCCC4)[nH]1. The van der Waals surface area contributed by atoms with Crippen molar-refractivity contribution in [2.24, 2.45) is 0 Å². The third-order valence-electron chi connectivity index (χ3n) is 5.34. The number of hydrogen-bond acceptors (Lipinski definition) is 2. The van der Waals surface area contributed by atoms with Crippen LogP contribution in [0.25, 0.3) is 33.1 Å². The number of aromatic hydroxyl groups is 1. The number of aromatic amines is 1. The van der Waals surface area contributed by atoms with E-state index in [1.54, 1.807) is 12.1 Å². The van der Waals surface area contributed by atoms with Crippen LogP contribution in [0.15, 0.2) is 42.5 Å². The molecule has 0 spiro atoms. The summed E-state index contributed by atoms with van der Waals surface area (Å²) < 4.78 is 0. The Morgan fingerprint density at radius 3 is 2.52 bits per heavy atom. The molecule has 4 aromatic rings. The minimum atomic E-state index is 0.294. The number of aryl methyl sites for hydroxylation is 2. The van der Waals surface area contributed by atoms with Gasteiger partial charge in [-0.3, -0.25) is 0 Å². The molecule has 0 unspecified atom stereocenters. The Labute approximate surface area is 146 Å². The van der Waals surface area contributed by atoms with Gasteiger partial charge >= 0.3 is 0 Å². The summed E-state index contributed by atoms with van der Waals surface area (Å²) in [5.41, 5.74) is 8.46. The van der Waals surface area contributed by atoms with Crippen LogP contribution in [0.4, 0.5) is 0 Å². The van der Waals surface area contributed by atoms with Crippen molar-refractivity contribution in [3.8, 4) is 17.0 Å². The quantitative estimate of drug-likeness (QED) is 0.500. The Morgan fingerprint density at radius 1 is 0.960 bits per heavy atom. The van der Waals surface area contributed by atoms with Gasteiger partial charge in [0.25, 0.3) is 0 Å². The second-order valence-corrected chi connectivity index (χ2v) is 7.04. The Kier molecular flexibility index (Phi) is 3.11. The number of phenolic OH excluding ortho intramolecular Hbond substituents is 1. The number of phenols is 1. The molecule has 2 aromatic heterocycles. The molecule has 0 fully saturated rings. The van der Waals surface area contributed by atoms with Gasteiger partial charge in [-0.15, -0.1) is 0 Å². The highest BCUT2D eigenvalue weighted by Crippen LogP contribution is 2.38. The molecule has 0 radical (unpaired) electrons. The molecule has 0 amide bonds. The van der Waals surface area contributed by atoms with E-state index in [1.165, 1.54) is 46.0 Å². The molecule has 3 heteroatoms. The number of nitrogens with zero attached hydrogens (tertiary/aromatic N) is 1. The monoisotopic (exact) mass is 328 g/mol. The van der Waals surface area contributed by atoms with Gasteiger partial charge in [-0.05, 0) is 86.2 Å². The zero-order valence-corrected chi connectivity index (χ0v) is 14.3. The van der Waals surface area contributed by atoms with Gasteiger partial charge in [-0.25, -0.2) is 4.98 Å². The Morgan fingerprint density at radius 2 is 1.72 bits per heavy atom. The third kappa shape index (κ3) is 2.23. The molecular weight excluding hydrogens is 308 g/mol. The minimum Gasteiger partial charge on any atom is -0.508 e. The molecule has 1 aliphatic carbocycles. The molecule has 1 aliphatic rings. The summed E-state index contributed by atoms with van der Waals surface area (Å²) in [6, 6.07) is 13.9. The van der Waals surface area contributed by atoms with Crippen LogP contribution in [0.3, 0.4) is 0 Å². The average molecular weight is 328 g/mol. The van der Waals surface area contributed by atoms with Crippen LogP contribution in [0.5, 0.6) is 5.75 Å². The number of nitrogens with one attached hydrogen (secondary N) is 1. The van der Waals surface area contributed by atoms with Crippen molar-refractivity contribution < 1.29 is 5.11 Å². The van der Waals surface area contributed by atoms with E-state index >= 15 is 0 Å². The fourth-order valence-corrected chi connectivity index (χ4v) is 4.23. The molecule has 0 atom stereocenters. The van der Waals surface area contributed by atoms with Crippen LogP contribution in [0, 0.1) is 6.92 Å². The van der Waals surface area contributed by atoms with Gasteiger partial charge in [-0.1, -0.05) is 0 Å². The number of fused-ring (bicyclic) bond motifs is 5. The van der Waals surface area contributed by atoms with E-state index in [1.807, 2.05) is 12.1 Å². The Hall–Kier alpha value is -2.81.